The maximum absolute atomic E-state index is 14.3. The summed E-state index contributed by atoms with van der Waals surface area (Å²) in [7, 11) is -3.89. The van der Waals surface area contributed by atoms with Crippen molar-refractivity contribution < 1.29 is 37.1 Å². The second-order valence-corrected chi connectivity index (χ2v) is 17.8. The van der Waals surface area contributed by atoms with Crippen molar-refractivity contribution in [2.75, 3.05) is 13.2 Å². The third-order valence-corrected chi connectivity index (χ3v) is 13.9. The monoisotopic (exact) mass is 759 g/mol. The van der Waals surface area contributed by atoms with E-state index in [0.29, 0.717) is 47.9 Å². The molecule has 1 aromatic heterocycles. The van der Waals surface area contributed by atoms with Crippen molar-refractivity contribution in [3.63, 3.8) is 0 Å². The highest BCUT2D eigenvalue weighted by atomic mass is 35.5. The van der Waals surface area contributed by atoms with Crippen molar-refractivity contribution in [2.45, 2.75) is 99.5 Å². The minimum absolute atomic E-state index is 0.0171. The molecule has 0 bridgehead atoms. The van der Waals surface area contributed by atoms with Crippen LogP contribution >= 0.6 is 22.9 Å². The third-order valence-electron chi connectivity index (χ3n) is 10.4. The Labute approximate surface area is 305 Å². The summed E-state index contributed by atoms with van der Waals surface area (Å²) in [5, 5.41) is 8.93. The number of carbonyl (C=O) groups excluding carboxylic acids is 5. The summed E-state index contributed by atoms with van der Waals surface area (Å²) < 4.78 is 33.9. The van der Waals surface area contributed by atoms with Gasteiger partial charge in [0.25, 0.3) is 11.8 Å². The van der Waals surface area contributed by atoms with Gasteiger partial charge in [0.1, 0.15) is 22.5 Å². The number of thiophene rings is 1. The molecule has 0 radical (unpaired) electrons. The molecule has 1 saturated heterocycles. The van der Waals surface area contributed by atoms with Crippen LogP contribution in [0, 0.1) is 11.8 Å². The summed E-state index contributed by atoms with van der Waals surface area (Å²) in [4.78, 5) is 70.2. The Morgan fingerprint density at radius 2 is 1.82 bits per heavy atom. The van der Waals surface area contributed by atoms with Crippen LogP contribution in [0.15, 0.2) is 36.4 Å². The summed E-state index contributed by atoms with van der Waals surface area (Å²) in [6, 6.07) is 4.57. The van der Waals surface area contributed by atoms with Gasteiger partial charge in [0.15, 0.2) is 0 Å². The lowest BCUT2D eigenvalue weighted by Crippen LogP contribution is -2.58. The van der Waals surface area contributed by atoms with Gasteiger partial charge in [0.2, 0.25) is 21.8 Å². The highest BCUT2D eigenvalue weighted by Crippen LogP contribution is 2.46. The molecule has 16 heteroatoms. The van der Waals surface area contributed by atoms with Crippen molar-refractivity contribution in [3.8, 4) is 0 Å². The largest absolute Gasteiger partial charge is 0.449 e. The van der Waals surface area contributed by atoms with Gasteiger partial charge in [-0.2, -0.15) is 0 Å². The van der Waals surface area contributed by atoms with E-state index in [0.717, 1.165) is 35.8 Å². The van der Waals surface area contributed by atoms with Crippen LogP contribution in [0.25, 0.3) is 10.1 Å². The smallest absolute Gasteiger partial charge is 0.407 e. The van der Waals surface area contributed by atoms with Crippen LogP contribution in [0.5, 0.6) is 0 Å². The molecule has 274 valence electrons. The molecule has 4 N–H and O–H groups in total. The molecule has 2 aromatic rings. The number of carbonyl (C=O) groups is 5. The number of sulfonamides is 1. The average Bonchev–Trinajstić information content (AvgIpc) is 4.02. The van der Waals surface area contributed by atoms with Gasteiger partial charge in [0, 0.05) is 28.6 Å². The quantitative estimate of drug-likeness (QED) is 0.294. The number of halogens is 1. The Bertz CT molecular complexity index is 1880. The number of rotatable bonds is 8. The maximum atomic E-state index is 14.3. The molecule has 5 aliphatic rings. The Morgan fingerprint density at radius 3 is 2.57 bits per heavy atom. The molecule has 1 aromatic carbocycles. The first kappa shape index (κ1) is 35.7. The van der Waals surface area contributed by atoms with Crippen LogP contribution in [-0.2, 0) is 29.1 Å². The lowest BCUT2D eigenvalue weighted by Gasteiger charge is -2.30. The van der Waals surface area contributed by atoms with Gasteiger partial charge in [0.05, 0.1) is 16.9 Å². The first-order valence-electron chi connectivity index (χ1n) is 17.7. The van der Waals surface area contributed by atoms with Crippen molar-refractivity contribution >= 4 is 72.8 Å². The number of hydrogen-bond acceptors (Lipinski definition) is 9. The van der Waals surface area contributed by atoms with Gasteiger partial charge < -0.3 is 25.6 Å². The van der Waals surface area contributed by atoms with Gasteiger partial charge in [-0.3, -0.25) is 23.9 Å². The predicted octanol–water partition coefficient (Wildman–Crippen LogP) is 3.76. The number of ether oxygens (including phenoxy) is 1. The topological polar surface area (TPSA) is 180 Å². The molecule has 51 heavy (non-hydrogen) atoms. The van der Waals surface area contributed by atoms with Crippen LogP contribution in [0.4, 0.5) is 4.79 Å². The van der Waals surface area contributed by atoms with Crippen LogP contribution < -0.4 is 20.7 Å². The SMILES string of the molecule is O=C(N[C@H]1CCCCCC=C[C@@H]2C[C@@]2(C(=O)NS(=O)(=O)C2CC2)NC(=O)[C@@H]2C[C@@H](NC(=O)c3sc4ccccc4c3Cl)CN2C1=O)OCC1CC1. The summed E-state index contributed by atoms with van der Waals surface area (Å²) in [5.74, 6) is -2.53. The van der Waals surface area contributed by atoms with Gasteiger partial charge in [-0.15, -0.1) is 11.3 Å². The fourth-order valence-corrected chi connectivity index (χ4v) is 9.76. The van der Waals surface area contributed by atoms with Crippen molar-refractivity contribution in [3.05, 3.63) is 46.3 Å². The van der Waals surface area contributed by atoms with E-state index in [4.69, 9.17) is 16.3 Å². The molecule has 0 spiro atoms. The Balaban J connectivity index is 1.15. The molecule has 3 heterocycles. The molecule has 7 rings (SSSR count). The summed E-state index contributed by atoms with van der Waals surface area (Å²) in [5.41, 5.74) is -1.51. The number of amides is 5. The summed E-state index contributed by atoms with van der Waals surface area (Å²) in [6.07, 6.45) is 9.37. The molecule has 2 aliphatic heterocycles. The summed E-state index contributed by atoms with van der Waals surface area (Å²) >= 11 is 7.83. The lowest BCUT2D eigenvalue weighted by atomic mass is 10.0. The molecule has 0 unspecified atom stereocenters. The standard InChI is InChI=1S/C35H42ClN5O8S2/c36-28-24-9-6-7-11-27(24)50-29(28)31(43)37-22-16-26-30(42)39-35(33(45)40-51(47,48)23-14-15-23)17-21(35)8-4-2-1-3-5-10-25(32(44)41(26)18-22)38-34(46)49-19-20-12-13-20/h4,6-9,11,20-23,25-26H,1-3,5,10,12-19H2,(H,37,43)(H,38,46)(H,39,42)(H,40,45)/t21-,22-,25+,26+,35-/m1/s1. The first-order chi connectivity index (χ1) is 24.4. The van der Waals surface area contributed by atoms with Crippen LogP contribution in [0.3, 0.4) is 0 Å². The second-order valence-electron chi connectivity index (χ2n) is 14.4. The zero-order chi connectivity index (χ0) is 35.9. The van der Waals surface area contributed by atoms with Gasteiger partial charge in [-0.05, 0) is 69.8 Å². The lowest BCUT2D eigenvalue weighted by molar-refractivity contribution is -0.141. The third kappa shape index (κ3) is 7.90. The van der Waals surface area contributed by atoms with E-state index in [1.54, 1.807) is 0 Å². The van der Waals surface area contributed by atoms with E-state index in [1.165, 1.54) is 16.2 Å². The van der Waals surface area contributed by atoms with Gasteiger partial charge in [-0.25, -0.2) is 13.2 Å². The van der Waals surface area contributed by atoms with E-state index in [9.17, 15) is 32.4 Å². The van der Waals surface area contributed by atoms with Crippen LogP contribution in [0.1, 0.15) is 80.3 Å². The Hall–Kier alpha value is -3.69. The van der Waals surface area contributed by atoms with Crippen LogP contribution in [-0.4, -0.2) is 85.1 Å². The average molecular weight is 760 g/mol. The number of allylic oxidation sites excluding steroid dienone is 1. The fraction of sp³-hybridized carbons (Fsp3) is 0.571. The highest BCUT2D eigenvalue weighted by molar-refractivity contribution is 7.91. The van der Waals surface area contributed by atoms with Gasteiger partial charge >= 0.3 is 6.09 Å². The highest BCUT2D eigenvalue weighted by Gasteiger charge is 2.62. The zero-order valence-electron chi connectivity index (χ0n) is 28.0. The number of hydrogen-bond donors (Lipinski definition) is 4. The normalized spacial score (nSPS) is 28.5. The molecule has 3 saturated carbocycles. The molecule has 3 aliphatic carbocycles. The van der Waals surface area contributed by atoms with E-state index in [-0.39, 0.29) is 26.0 Å². The Morgan fingerprint density at radius 1 is 1.04 bits per heavy atom. The predicted molar refractivity (Wildman–Crippen MR) is 190 cm³/mol. The minimum Gasteiger partial charge on any atom is -0.449 e. The first-order valence-corrected chi connectivity index (χ1v) is 20.5. The molecule has 5 amide bonds. The summed E-state index contributed by atoms with van der Waals surface area (Å²) in [6.45, 7) is 0.225. The van der Waals surface area contributed by atoms with Crippen molar-refractivity contribution in [1.29, 1.82) is 0 Å². The van der Waals surface area contributed by atoms with E-state index >= 15 is 0 Å². The second kappa shape index (κ2) is 14.4. The number of alkyl carbamates (subject to hydrolysis) is 1. The fourth-order valence-electron chi connectivity index (χ4n) is 6.98. The van der Waals surface area contributed by atoms with E-state index < -0.39 is 74.6 Å². The van der Waals surface area contributed by atoms with Crippen molar-refractivity contribution in [2.24, 2.45) is 11.8 Å². The zero-order valence-corrected chi connectivity index (χ0v) is 30.4. The van der Waals surface area contributed by atoms with Crippen LogP contribution in [0.2, 0.25) is 5.02 Å². The van der Waals surface area contributed by atoms with Crippen molar-refractivity contribution in [1.82, 2.24) is 25.6 Å². The van der Waals surface area contributed by atoms with Gasteiger partial charge in [-0.1, -0.05) is 54.8 Å². The van der Waals surface area contributed by atoms with E-state index in [1.807, 2.05) is 36.4 Å². The van der Waals surface area contributed by atoms with E-state index in [2.05, 4.69) is 20.7 Å². The molecular weight excluding hydrogens is 718 g/mol. The number of benzene rings is 1. The number of nitrogens with one attached hydrogen (secondary N) is 4. The molecule has 4 fully saturated rings. The maximum Gasteiger partial charge on any atom is 0.407 e. The minimum atomic E-state index is -3.89. The Kier molecular flexibility index (Phi) is 10.1. The molecule has 13 nitrogen and oxygen atoms in total. The molecule has 5 atom stereocenters. The molecular formula is C35H42ClN5O8S2. The number of fused-ring (bicyclic) bond motifs is 3. The number of nitrogens with zero attached hydrogens (tertiary/aromatic N) is 1.